The van der Waals surface area contributed by atoms with E-state index in [4.69, 9.17) is 0 Å². The predicted molar refractivity (Wildman–Crippen MR) is 90.3 cm³/mol. The van der Waals surface area contributed by atoms with Gasteiger partial charge in [-0.15, -0.1) is 0 Å². The zero-order valence-electron chi connectivity index (χ0n) is 13.7. The lowest BCUT2D eigenvalue weighted by molar-refractivity contribution is -0.132. The van der Waals surface area contributed by atoms with Crippen LogP contribution < -0.4 is 5.32 Å². The van der Waals surface area contributed by atoms with Crippen molar-refractivity contribution >= 4 is 17.5 Å². The van der Waals surface area contributed by atoms with Crippen LogP contribution in [0.4, 0.5) is 10.1 Å². The van der Waals surface area contributed by atoms with Gasteiger partial charge < -0.3 is 10.2 Å². The fourth-order valence-corrected chi connectivity index (χ4v) is 2.80. The standard InChI is InChI=1S/C19H19FN2O2/c1-13-6-8-16(9-7-13)21-18(24)19(2)10-11-22(19)17(23)14-4-3-5-15(20)12-14/h3-9,12H,10-11H2,1-2H3,(H,21,24). The average Bonchev–Trinajstić information content (AvgIpc) is 2.55. The molecule has 5 heteroatoms. The summed E-state index contributed by atoms with van der Waals surface area (Å²) in [6, 6.07) is 13.0. The molecule has 2 aromatic carbocycles. The van der Waals surface area contributed by atoms with Crippen LogP contribution in [0.15, 0.2) is 48.5 Å². The van der Waals surface area contributed by atoms with Gasteiger partial charge in [0.15, 0.2) is 0 Å². The molecular weight excluding hydrogens is 307 g/mol. The third kappa shape index (κ3) is 2.89. The number of carbonyl (C=O) groups is 2. The predicted octanol–water partition coefficient (Wildman–Crippen LogP) is 3.38. The molecule has 0 aromatic heterocycles. The number of hydrogen-bond donors (Lipinski definition) is 1. The molecule has 1 saturated heterocycles. The van der Waals surface area contributed by atoms with Crippen molar-refractivity contribution < 1.29 is 14.0 Å². The maximum atomic E-state index is 13.3. The first-order valence-corrected chi connectivity index (χ1v) is 7.86. The largest absolute Gasteiger partial charge is 0.324 e. The van der Waals surface area contributed by atoms with E-state index in [0.29, 0.717) is 18.7 Å². The normalized spacial score (nSPS) is 19.5. The van der Waals surface area contributed by atoms with Crippen molar-refractivity contribution in [3.05, 3.63) is 65.5 Å². The number of rotatable bonds is 3. The number of nitrogens with zero attached hydrogens (tertiary/aromatic N) is 1. The van der Waals surface area contributed by atoms with Gasteiger partial charge in [0.05, 0.1) is 0 Å². The highest BCUT2D eigenvalue weighted by molar-refractivity contribution is 6.04. The molecule has 24 heavy (non-hydrogen) atoms. The molecule has 1 N–H and O–H groups in total. The number of aryl methyl sites for hydroxylation is 1. The van der Waals surface area contributed by atoms with Crippen molar-refractivity contribution in [1.82, 2.24) is 4.90 Å². The SMILES string of the molecule is Cc1ccc(NC(=O)C2(C)CCN2C(=O)c2cccc(F)c2)cc1. The summed E-state index contributed by atoms with van der Waals surface area (Å²) < 4.78 is 13.3. The second-order valence-electron chi connectivity index (χ2n) is 6.31. The van der Waals surface area contributed by atoms with Crippen LogP contribution in [0.3, 0.4) is 0 Å². The first-order valence-electron chi connectivity index (χ1n) is 7.86. The Morgan fingerprint density at radius 1 is 1.17 bits per heavy atom. The molecule has 4 nitrogen and oxygen atoms in total. The van der Waals surface area contributed by atoms with Crippen LogP contribution in [0.2, 0.25) is 0 Å². The Bertz CT molecular complexity index is 788. The summed E-state index contributed by atoms with van der Waals surface area (Å²) in [7, 11) is 0. The molecule has 1 fully saturated rings. The number of hydrogen-bond acceptors (Lipinski definition) is 2. The van der Waals surface area contributed by atoms with Gasteiger partial charge in [0.1, 0.15) is 11.4 Å². The highest BCUT2D eigenvalue weighted by Crippen LogP contribution is 2.33. The number of carbonyl (C=O) groups excluding carboxylic acids is 2. The first kappa shape index (κ1) is 16.2. The Hall–Kier alpha value is -2.69. The zero-order chi connectivity index (χ0) is 17.3. The highest BCUT2D eigenvalue weighted by atomic mass is 19.1. The van der Waals surface area contributed by atoms with Crippen molar-refractivity contribution in [2.24, 2.45) is 0 Å². The van der Waals surface area contributed by atoms with E-state index in [9.17, 15) is 14.0 Å². The van der Waals surface area contributed by atoms with Crippen molar-refractivity contribution in [3.63, 3.8) is 0 Å². The van der Waals surface area contributed by atoms with Gasteiger partial charge in [-0.25, -0.2) is 4.39 Å². The molecule has 3 rings (SSSR count). The maximum absolute atomic E-state index is 13.3. The van der Waals surface area contributed by atoms with Gasteiger partial charge in [0.2, 0.25) is 5.91 Å². The smallest absolute Gasteiger partial charge is 0.254 e. The van der Waals surface area contributed by atoms with E-state index in [0.717, 1.165) is 5.56 Å². The molecule has 124 valence electrons. The number of halogens is 1. The minimum atomic E-state index is -0.922. The van der Waals surface area contributed by atoms with Gasteiger partial charge >= 0.3 is 0 Å². The number of nitrogens with one attached hydrogen (secondary N) is 1. The van der Waals surface area contributed by atoms with Gasteiger partial charge in [-0.1, -0.05) is 23.8 Å². The van der Waals surface area contributed by atoms with E-state index < -0.39 is 11.4 Å². The van der Waals surface area contributed by atoms with Gasteiger partial charge in [0.25, 0.3) is 5.91 Å². The lowest BCUT2D eigenvalue weighted by Gasteiger charge is -2.49. The molecule has 1 heterocycles. The summed E-state index contributed by atoms with van der Waals surface area (Å²) in [4.78, 5) is 26.7. The summed E-state index contributed by atoms with van der Waals surface area (Å²) in [6.07, 6.45) is 0.575. The van der Waals surface area contributed by atoms with E-state index in [1.165, 1.54) is 23.1 Å². The summed E-state index contributed by atoms with van der Waals surface area (Å²) in [6.45, 7) is 4.18. The number of benzene rings is 2. The summed E-state index contributed by atoms with van der Waals surface area (Å²) >= 11 is 0. The fourth-order valence-electron chi connectivity index (χ4n) is 2.80. The number of anilines is 1. The van der Waals surface area contributed by atoms with Crippen LogP contribution >= 0.6 is 0 Å². The fraction of sp³-hybridized carbons (Fsp3) is 0.263. The Morgan fingerprint density at radius 3 is 2.46 bits per heavy atom. The molecule has 1 unspecified atom stereocenters. The van der Waals surface area contributed by atoms with Crippen molar-refractivity contribution in [3.8, 4) is 0 Å². The lowest BCUT2D eigenvalue weighted by Crippen LogP contribution is -2.66. The Labute approximate surface area is 140 Å². The molecule has 0 spiro atoms. The molecule has 0 radical (unpaired) electrons. The van der Waals surface area contributed by atoms with Crippen LogP contribution in [0.5, 0.6) is 0 Å². The molecule has 1 atom stereocenters. The van der Waals surface area contributed by atoms with Crippen LogP contribution in [-0.4, -0.2) is 28.8 Å². The topological polar surface area (TPSA) is 49.4 Å². The van der Waals surface area contributed by atoms with E-state index in [2.05, 4.69) is 5.32 Å². The van der Waals surface area contributed by atoms with Crippen LogP contribution in [-0.2, 0) is 4.79 Å². The van der Waals surface area contributed by atoms with Crippen molar-refractivity contribution in [2.45, 2.75) is 25.8 Å². The summed E-state index contributed by atoms with van der Waals surface area (Å²) in [5.41, 5.74) is 1.13. The average molecular weight is 326 g/mol. The van der Waals surface area contributed by atoms with Crippen molar-refractivity contribution in [1.29, 1.82) is 0 Å². The molecule has 1 aliphatic rings. The van der Waals surface area contributed by atoms with Crippen molar-refractivity contribution in [2.75, 3.05) is 11.9 Å². The van der Waals surface area contributed by atoms with Gasteiger partial charge in [-0.2, -0.15) is 0 Å². The molecule has 2 amide bonds. The second kappa shape index (κ2) is 6.07. The van der Waals surface area contributed by atoms with Gasteiger partial charge in [-0.05, 0) is 50.6 Å². The highest BCUT2D eigenvalue weighted by Gasteiger charge is 2.49. The molecular formula is C19H19FN2O2. The Morgan fingerprint density at radius 2 is 1.88 bits per heavy atom. The lowest BCUT2D eigenvalue weighted by atomic mass is 9.84. The maximum Gasteiger partial charge on any atom is 0.254 e. The summed E-state index contributed by atoms with van der Waals surface area (Å²) in [5.74, 6) is -1.03. The van der Waals surface area contributed by atoms with E-state index in [-0.39, 0.29) is 17.4 Å². The minimum absolute atomic E-state index is 0.234. The van der Waals surface area contributed by atoms with Crippen LogP contribution in [0.25, 0.3) is 0 Å². The third-order valence-electron chi connectivity index (χ3n) is 4.53. The molecule has 2 aromatic rings. The Balaban J connectivity index is 1.76. The summed E-state index contributed by atoms with van der Waals surface area (Å²) in [5, 5.41) is 2.85. The number of likely N-dealkylation sites (tertiary alicyclic amines) is 1. The Kier molecular flexibility index (Phi) is 4.09. The van der Waals surface area contributed by atoms with E-state index >= 15 is 0 Å². The van der Waals surface area contributed by atoms with Gasteiger partial charge in [-0.3, -0.25) is 9.59 Å². The minimum Gasteiger partial charge on any atom is -0.324 e. The van der Waals surface area contributed by atoms with Gasteiger partial charge in [0, 0.05) is 17.8 Å². The van der Waals surface area contributed by atoms with Crippen LogP contribution in [0.1, 0.15) is 29.3 Å². The monoisotopic (exact) mass is 326 g/mol. The van der Waals surface area contributed by atoms with Crippen LogP contribution in [0, 0.1) is 12.7 Å². The molecule has 0 bridgehead atoms. The molecule has 1 aliphatic heterocycles. The van der Waals surface area contributed by atoms with E-state index in [1.54, 1.807) is 13.0 Å². The van der Waals surface area contributed by atoms with E-state index in [1.807, 2.05) is 31.2 Å². The molecule has 0 saturated carbocycles. The third-order valence-corrected chi connectivity index (χ3v) is 4.53. The number of amides is 2. The second-order valence-corrected chi connectivity index (χ2v) is 6.31. The first-order chi connectivity index (χ1) is 11.4. The quantitative estimate of drug-likeness (QED) is 0.940. The molecule has 0 aliphatic carbocycles. The zero-order valence-corrected chi connectivity index (χ0v) is 13.7.